The first-order valence-electron chi connectivity index (χ1n) is 15.7. The molecule has 0 unspecified atom stereocenters. The van der Waals surface area contributed by atoms with Crippen LogP contribution in [0.25, 0.3) is 11.1 Å². The second-order valence-corrected chi connectivity index (χ2v) is 12.6. The van der Waals surface area contributed by atoms with Crippen molar-refractivity contribution in [2.24, 2.45) is 0 Å². The van der Waals surface area contributed by atoms with E-state index < -0.39 is 6.04 Å². The molecular weight excluding hydrogens is 645 g/mol. The number of aliphatic hydroxyl groups is 3. The Labute approximate surface area is 286 Å². The van der Waals surface area contributed by atoms with Crippen molar-refractivity contribution in [3.05, 3.63) is 75.3 Å². The maximum Gasteiger partial charge on any atom is 0.259 e. The molecule has 0 spiro atoms. The molecule has 1 fully saturated rings. The van der Waals surface area contributed by atoms with Crippen LogP contribution in [0, 0.1) is 6.92 Å². The Bertz CT molecular complexity index is 1490. The molecule has 1 atom stereocenters. The lowest BCUT2D eigenvalue weighted by atomic mass is 9.98. The molecule has 0 bridgehead atoms. The largest absolute Gasteiger partial charge is 0.493 e. The van der Waals surface area contributed by atoms with Gasteiger partial charge < -0.3 is 44.6 Å². The van der Waals surface area contributed by atoms with Gasteiger partial charge in [0.15, 0.2) is 6.61 Å². The quantitative estimate of drug-likeness (QED) is 0.154. The van der Waals surface area contributed by atoms with Gasteiger partial charge in [0.2, 0.25) is 0 Å². The molecule has 10 nitrogen and oxygen atoms in total. The van der Waals surface area contributed by atoms with Gasteiger partial charge >= 0.3 is 0 Å². The summed E-state index contributed by atoms with van der Waals surface area (Å²) in [6.45, 7) is 4.81. The van der Waals surface area contributed by atoms with Crippen molar-refractivity contribution in [3.8, 4) is 28.4 Å². The molecule has 256 valence electrons. The number of halogens is 2. The molecular formula is C35H45Cl2N3O7. The van der Waals surface area contributed by atoms with Crippen molar-refractivity contribution in [1.82, 2.24) is 15.1 Å². The Morgan fingerprint density at radius 1 is 1.00 bits per heavy atom. The van der Waals surface area contributed by atoms with Crippen LogP contribution in [0.15, 0.2) is 48.5 Å². The molecule has 1 aliphatic heterocycles. The monoisotopic (exact) mass is 689 g/mol. The Morgan fingerprint density at radius 3 is 2.45 bits per heavy atom. The summed E-state index contributed by atoms with van der Waals surface area (Å²) in [6, 6.07) is 14.5. The minimum atomic E-state index is -0.526. The standard InChI is InChI=1S/C35H45Cl2N3O7/c1-23-28(8-5-10-31(23)45-14-6-12-40-13-11-27(43)18-40)29-9-4-7-24(35(29)37)21-46-33-16-32(47-22-34(44)39(2)3)25(15-30(33)36)17-38-26(19-41)20-42/h4-5,7-10,15-16,26-27,38,41-43H,6,11-14,17-22H2,1-3H3/t27-/m1/s1. The van der Waals surface area contributed by atoms with Gasteiger partial charge in [0.1, 0.15) is 23.9 Å². The maximum absolute atomic E-state index is 12.2. The van der Waals surface area contributed by atoms with Crippen LogP contribution in [0.3, 0.4) is 0 Å². The lowest BCUT2D eigenvalue weighted by molar-refractivity contribution is -0.130. The van der Waals surface area contributed by atoms with E-state index in [-0.39, 0.29) is 45.0 Å². The van der Waals surface area contributed by atoms with Gasteiger partial charge in [-0.25, -0.2) is 0 Å². The predicted octanol–water partition coefficient (Wildman–Crippen LogP) is 4.29. The van der Waals surface area contributed by atoms with Gasteiger partial charge in [0, 0.05) is 63.0 Å². The zero-order valence-corrected chi connectivity index (χ0v) is 28.7. The van der Waals surface area contributed by atoms with Gasteiger partial charge in [0.05, 0.1) is 42.0 Å². The van der Waals surface area contributed by atoms with Crippen molar-refractivity contribution in [2.75, 3.05) is 60.2 Å². The van der Waals surface area contributed by atoms with Crippen LogP contribution in [-0.4, -0.2) is 103 Å². The average molecular weight is 691 g/mol. The van der Waals surface area contributed by atoms with Crippen molar-refractivity contribution in [1.29, 1.82) is 0 Å². The Hall–Kier alpha value is -3.09. The van der Waals surface area contributed by atoms with E-state index in [1.165, 1.54) is 4.90 Å². The number of rotatable bonds is 17. The zero-order chi connectivity index (χ0) is 33.9. The molecule has 3 aromatic rings. The van der Waals surface area contributed by atoms with Gasteiger partial charge in [-0.3, -0.25) is 4.79 Å². The fourth-order valence-electron chi connectivity index (χ4n) is 5.27. The average Bonchev–Trinajstić information content (AvgIpc) is 3.48. The Kier molecular flexibility index (Phi) is 14.0. The van der Waals surface area contributed by atoms with Crippen LogP contribution in [0.5, 0.6) is 17.2 Å². The van der Waals surface area contributed by atoms with Crippen molar-refractivity contribution < 1.29 is 34.3 Å². The Morgan fingerprint density at radius 2 is 1.74 bits per heavy atom. The van der Waals surface area contributed by atoms with E-state index in [1.807, 2.05) is 43.3 Å². The summed E-state index contributed by atoms with van der Waals surface area (Å²) < 4.78 is 18.1. The second-order valence-electron chi connectivity index (χ2n) is 11.9. The zero-order valence-electron chi connectivity index (χ0n) is 27.2. The predicted molar refractivity (Wildman–Crippen MR) is 184 cm³/mol. The van der Waals surface area contributed by atoms with Crippen LogP contribution in [0.1, 0.15) is 29.5 Å². The normalized spacial score (nSPS) is 14.9. The summed E-state index contributed by atoms with van der Waals surface area (Å²) in [4.78, 5) is 15.9. The fraction of sp³-hybridized carbons (Fsp3) is 0.457. The van der Waals surface area contributed by atoms with Gasteiger partial charge in [-0.2, -0.15) is 0 Å². The first-order valence-corrected chi connectivity index (χ1v) is 16.5. The third kappa shape index (κ3) is 10.2. The topological polar surface area (TPSA) is 124 Å². The van der Waals surface area contributed by atoms with Gasteiger partial charge in [-0.15, -0.1) is 0 Å². The van der Waals surface area contributed by atoms with E-state index in [0.29, 0.717) is 33.7 Å². The highest BCUT2D eigenvalue weighted by Crippen LogP contribution is 2.38. The van der Waals surface area contributed by atoms with Crippen molar-refractivity contribution >= 4 is 29.1 Å². The highest BCUT2D eigenvalue weighted by atomic mass is 35.5. The summed E-state index contributed by atoms with van der Waals surface area (Å²) >= 11 is 13.6. The number of aliphatic hydroxyl groups excluding tert-OH is 3. The molecule has 12 heteroatoms. The van der Waals surface area contributed by atoms with E-state index >= 15 is 0 Å². The highest BCUT2D eigenvalue weighted by molar-refractivity contribution is 6.34. The number of carbonyl (C=O) groups excluding carboxylic acids is 1. The van der Waals surface area contributed by atoms with Crippen LogP contribution < -0.4 is 19.5 Å². The first-order chi connectivity index (χ1) is 22.6. The highest BCUT2D eigenvalue weighted by Gasteiger charge is 2.20. The third-order valence-electron chi connectivity index (χ3n) is 8.15. The molecule has 1 amide bonds. The summed E-state index contributed by atoms with van der Waals surface area (Å²) in [5, 5.41) is 32.5. The molecule has 0 radical (unpaired) electrons. The number of benzene rings is 3. The number of hydrogen-bond donors (Lipinski definition) is 4. The van der Waals surface area contributed by atoms with E-state index in [0.717, 1.165) is 60.5 Å². The fourth-order valence-corrected chi connectivity index (χ4v) is 5.79. The SMILES string of the molecule is Cc1c(OCCCN2CC[C@@H](O)C2)cccc1-c1cccc(COc2cc(OCC(=O)N(C)C)c(CNC(CO)CO)cc2Cl)c1Cl. The van der Waals surface area contributed by atoms with Gasteiger partial charge in [-0.05, 0) is 43.0 Å². The number of amides is 1. The van der Waals surface area contributed by atoms with Gasteiger partial charge in [-0.1, -0.05) is 53.5 Å². The molecule has 0 saturated carbocycles. The third-order valence-corrected chi connectivity index (χ3v) is 8.89. The van der Waals surface area contributed by atoms with Crippen LogP contribution in [0.2, 0.25) is 10.0 Å². The molecule has 0 aliphatic carbocycles. The lowest BCUT2D eigenvalue weighted by Crippen LogP contribution is -2.35. The number of nitrogens with zero attached hydrogens (tertiary/aromatic N) is 2. The minimum absolute atomic E-state index is 0.123. The minimum Gasteiger partial charge on any atom is -0.493 e. The number of carbonyl (C=O) groups is 1. The summed E-state index contributed by atoms with van der Waals surface area (Å²) in [5.74, 6) is 1.31. The van der Waals surface area contributed by atoms with E-state index in [2.05, 4.69) is 10.2 Å². The van der Waals surface area contributed by atoms with E-state index in [4.69, 9.17) is 37.4 Å². The van der Waals surface area contributed by atoms with E-state index in [9.17, 15) is 20.1 Å². The number of likely N-dealkylation sites (N-methyl/N-ethyl adjacent to an activating group) is 1. The van der Waals surface area contributed by atoms with Crippen LogP contribution in [0.4, 0.5) is 0 Å². The molecule has 0 aromatic heterocycles. The molecule has 1 saturated heterocycles. The van der Waals surface area contributed by atoms with Crippen LogP contribution >= 0.6 is 23.2 Å². The van der Waals surface area contributed by atoms with Crippen LogP contribution in [-0.2, 0) is 17.9 Å². The molecule has 1 heterocycles. The summed E-state index contributed by atoms with van der Waals surface area (Å²) in [7, 11) is 3.29. The number of ether oxygens (including phenoxy) is 3. The number of likely N-dealkylation sites (tertiary alicyclic amines) is 1. The lowest BCUT2D eigenvalue weighted by Gasteiger charge is -2.19. The molecule has 4 N–H and O–H groups in total. The summed E-state index contributed by atoms with van der Waals surface area (Å²) in [6.07, 6.45) is 1.48. The maximum atomic E-state index is 12.2. The summed E-state index contributed by atoms with van der Waals surface area (Å²) in [5.41, 5.74) is 4.17. The Balaban J connectivity index is 1.47. The first kappa shape index (κ1) is 36.7. The molecule has 3 aromatic carbocycles. The number of nitrogens with one attached hydrogen (secondary N) is 1. The van der Waals surface area contributed by atoms with E-state index in [1.54, 1.807) is 26.2 Å². The smallest absolute Gasteiger partial charge is 0.259 e. The van der Waals surface area contributed by atoms with Crippen molar-refractivity contribution in [3.63, 3.8) is 0 Å². The van der Waals surface area contributed by atoms with Gasteiger partial charge in [0.25, 0.3) is 5.91 Å². The number of hydrogen-bond acceptors (Lipinski definition) is 9. The molecule has 47 heavy (non-hydrogen) atoms. The van der Waals surface area contributed by atoms with Crippen molar-refractivity contribution in [2.45, 2.75) is 45.1 Å². The molecule has 4 rings (SSSR count). The molecule has 1 aliphatic rings. The number of β-amino-alcohol motifs (C(OH)–C–C–N with tert-alkyl or cyclic N) is 1. The second kappa shape index (κ2) is 17.9.